The van der Waals surface area contributed by atoms with Crippen LogP contribution in [0.15, 0.2) is 47.2 Å². The minimum Gasteiger partial charge on any atom is -0.497 e. The maximum Gasteiger partial charge on any atom is 0.252 e. The fourth-order valence-corrected chi connectivity index (χ4v) is 2.52. The van der Waals surface area contributed by atoms with E-state index in [1.54, 1.807) is 26.3 Å². The van der Waals surface area contributed by atoms with Gasteiger partial charge in [0, 0.05) is 29.8 Å². The van der Waals surface area contributed by atoms with Crippen LogP contribution in [0.2, 0.25) is 0 Å². The maximum atomic E-state index is 12.1. The second kappa shape index (κ2) is 7.57. The molecule has 0 unspecified atom stereocenters. The number of benzene rings is 1. The average Bonchev–Trinajstić information content (AvgIpc) is 2.53. The van der Waals surface area contributed by atoms with E-state index in [1.165, 1.54) is 6.20 Å². The van der Waals surface area contributed by atoms with Crippen LogP contribution in [0.25, 0.3) is 0 Å². The molecular formula is C17H19BrN2O3. The average molecular weight is 379 g/mol. The van der Waals surface area contributed by atoms with Crippen LogP contribution in [0.3, 0.4) is 0 Å². The summed E-state index contributed by atoms with van der Waals surface area (Å²) in [6.07, 6.45) is 3.52. The Morgan fingerprint density at radius 2 is 2.04 bits per heavy atom. The number of halogens is 1. The van der Waals surface area contributed by atoms with E-state index in [-0.39, 0.29) is 12.5 Å². The molecule has 0 bridgehead atoms. The van der Waals surface area contributed by atoms with Crippen LogP contribution >= 0.6 is 15.9 Å². The summed E-state index contributed by atoms with van der Waals surface area (Å²) < 4.78 is 5.84. The highest BCUT2D eigenvalue weighted by Gasteiger charge is 2.22. The van der Waals surface area contributed by atoms with E-state index in [0.29, 0.717) is 12.0 Å². The number of carbonyl (C=O) groups excluding carboxylic acids is 1. The van der Waals surface area contributed by atoms with Crippen LogP contribution in [-0.4, -0.2) is 35.3 Å². The van der Waals surface area contributed by atoms with Crippen molar-refractivity contribution in [3.05, 3.63) is 58.3 Å². The number of ether oxygens (including phenoxy) is 1. The lowest BCUT2D eigenvalue weighted by Gasteiger charge is -2.24. The van der Waals surface area contributed by atoms with Gasteiger partial charge in [-0.05, 0) is 46.6 Å². The summed E-state index contributed by atoms with van der Waals surface area (Å²) in [5.74, 6) is 0.498. The zero-order chi connectivity index (χ0) is 16.9. The maximum absolute atomic E-state index is 12.1. The first kappa shape index (κ1) is 17.4. The van der Waals surface area contributed by atoms with Gasteiger partial charge in [0.25, 0.3) is 5.91 Å². The molecule has 0 saturated heterocycles. The molecule has 1 amide bonds. The number of aromatic nitrogens is 1. The number of amides is 1. The molecule has 6 heteroatoms. The standard InChI is InChI=1S/C17H19BrN2O3/c1-17(22,8-12-3-5-15(23-2)6-4-12)11-20-16(21)13-7-14(18)10-19-9-13/h3-7,9-10,22H,8,11H2,1-2H3,(H,20,21)/t17-/m0/s1. The van der Waals surface area contributed by atoms with Crippen LogP contribution in [0.5, 0.6) is 5.75 Å². The number of nitrogens with zero attached hydrogens (tertiary/aromatic N) is 1. The summed E-state index contributed by atoms with van der Waals surface area (Å²) in [6.45, 7) is 1.83. The van der Waals surface area contributed by atoms with E-state index in [4.69, 9.17) is 4.74 Å². The minimum atomic E-state index is -1.05. The SMILES string of the molecule is COc1ccc(C[C@](C)(O)CNC(=O)c2cncc(Br)c2)cc1. The van der Waals surface area contributed by atoms with Gasteiger partial charge in [0.1, 0.15) is 5.75 Å². The molecule has 0 aliphatic rings. The fourth-order valence-electron chi connectivity index (χ4n) is 2.15. The summed E-state index contributed by atoms with van der Waals surface area (Å²) in [5, 5.41) is 13.2. The van der Waals surface area contributed by atoms with E-state index < -0.39 is 5.60 Å². The number of aliphatic hydroxyl groups is 1. The fraction of sp³-hybridized carbons (Fsp3) is 0.294. The Morgan fingerprint density at radius 1 is 1.35 bits per heavy atom. The molecule has 0 radical (unpaired) electrons. The summed E-state index contributed by atoms with van der Waals surface area (Å²) in [4.78, 5) is 16.0. The summed E-state index contributed by atoms with van der Waals surface area (Å²) in [7, 11) is 1.61. The van der Waals surface area contributed by atoms with Gasteiger partial charge in [-0.3, -0.25) is 9.78 Å². The Labute approximate surface area is 143 Å². The zero-order valence-corrected chi connectivity index (χ0v) is 14.6. The second-order valence-electron chi connectivity index (χ2n) is 5.60. The number of carbonyl (C=O) groups is 1. The third-order valence-electron chi connectivity index (χ3n) is 3.34. The zero-order valence-electron chi connectivity index (χ0n) is 13.0. The lowest BCUT2D eigenvalue weighted by molar-refractivity contribution is 0.0552. The number of hydrogen-bond donors (Lipinski definition) is 2. The second-order valence-corrected chi connectivity index (χ2v) is 6.51. The molecule has 122 valence electrons. The molecule has 2 N–H and O–H groups in total. The van der Waals surface area contributed by atoms with Crippen LogP contribution in [0, 0.1) is 0 Å². The van der Waals surface area contributed by atoms with E-state index in [0.717, 1.165) is 15.8 Å². The van der Waals surface area contributed by atoms with Gasteiger partial charge in [0.2, 0.25) is 0 Å². The number of rotatable bonds is 6. The van der Waals surface area contributed by atoms with Crippen LogP contribution < -0.4 is 10.1 Å². The van der Waals surface area contributed by atoms with Crippen molar-refractivity contribution >= 4 is 21.8 Å². The molecule has 23 heavy (non-hydrogen) atoms. The van der Waals surface area contributed by atoms with Gasteiger partial charge in [0.05, 0.1) is 18.3 Å². The Morgan fingerprint density at radius 3 is 2.65 bits per heavy atom. The minimum absolute atomic E-state index is 0.143. The van der Waals surface area contributed by atoms with Crippen molar-refractivity contribution in [3.8, 4) is 5.75 Å². The predicted molar refractivity (Wildman–Crippen MR) is 91.6 cm³/mol. The summed E-state index contributed by atoms with van der Waals surface area (Å²) in [5.41, 5.74) is 0.359. The number of hydrogen-bond acceptors (Lipinski definition) is 4. The third kappa shape index (κ3) is 5.33. The smallest absolute Gasteiger partial charge is 0.252 e. The Balaban J connectivity index is 1.93. The number of methoxy groups -OCH3 is 1. The van der Waals surface area contributed by atoms with Crippen LogP contribution in [0.4, 0.5) is 0 Å². The Kier molecular flexibility index (Phi) is 5.74. The first-order valence-electron chi connectivity index (χ1n) is 7.14. The summed E-state index contributed by atoms with van der Waals surface area (Å²) >= 11 is 3.27. The van der Waals surface area contributed by atoms with E-state index in [9.17, 15) is 9.90 Å². The first-order valence-corrected chi connectivity index (χ1v) is 7.93. The van der Waals surface area contributed by atoms with Crippen LogP contribution in [0.1, 0.15) is 22.8 Å². The van der Waals surface area contributed by atoms with Gasteiger partial charge in [-0.15, -0.1) is 0 Å². The molecule has 0 spiro atoms. The lowest BCUT2D eigenvalue weighted by Crippen LogP contribution is -2.42. The molecule has 1 heterocycles. The van der Waals surface area contributed by atoms with E-state index in [2.05, 4.69) is 26.2 Å². The molecule has 2 aromatic rings. The van der Waals surface area contributed by atoms with Crippen molar-refractivity contribution in [1.29, 1.82) is 0 Å². The molecule has 0 saturated carbocycles. The monoisotopic (exact) mass is 378 g/mol. The van der Waals surface area contributed by atoms with Crippen molar-refractivity contribution in [3.63, 3.8) is 0 Å². The molecule has 1 aromatic heterocycles. The quantitative estimate of drug-likeness (QED) is 0.810. The molecular weight excluding hydrogens is 360 g/mol. The molecule has 0 fully saturated rings. The normalized spacial score (nSPS) is 13.2. The van der Waals surface area contributed by atoms with Gasteiger partial charge in [-0.1, -0.05) is 12.1 Å². The van der Waals surface area contributed by atoms with E-state index >= 15 is 0 Å². The molecule has 0 aliphatic carbocycles. The van der Waals surface area contributed by atoms with Crippen molar-refractivity contribution in [2.45, 2.75) is 18.9 Å². The third-order valence-corrected chi connectivity index (χ3v) is 3.77. The number of nitrogens with one attached hydrogen (secondary N) is 1. The highest BCUT2D eigenvalue weighted by Crippen LogP contribution is 2.17. The van der Waals surface area contributed by atoms with Crippen molar-refractivity contribution in [1.82, 2.24) is 10.3 Å². The van der Waals surface area contributed by atoms with Gasteiger partial charge in [-0.25, -0.2) is 0 Å². The van der Waals surface area contributed by atoms with Gasteiger partial charge < -0.3 is 15.2 Å². The van der Waals surface area contributed by atoms with Crippen molar-refractivity contribution < 1.29 is 14.6 Å². The molecule has 5 nitrogen and oxygen atoms in total. The summed E-state index contributed by atoms with van der Waals surface area (Å²) in [6, 6.07) is 9.16. The topological polar surface area (TPSA) is 71.5 Å². The van der Waals surface area contributed by atoms with Crippen molar-refractivity contribution in [2.24, 2.45) is 0 Å². The first-order chi connectivity index (χ1) is 10.9. The largest absolute Gasteiger partial charge is 0.497 e. The Bertz CT molecular complexity index is 672. The van der Waals surface area contributed by atoms with Crippen LogP contribution in [-0.2, 0) is 6.42 Å². The predicted octanol–water partition coefficient (Wildman–Crippen LogP) is 2.58. The molecule has 0 aliphatic heterocycles. The number of pyridine rings is 1. The van der Waals surface area contributed by atoms with Gasteiger partial charge in [0.15, 0.2) is 0 Å². The highest BCUT2D eigenvalue weighted by atomic mass is 79.9. The highest BCUT2D eigenvalue weighted by molar-refractivity contribution is 9.10. The lowest BCUT2D eigenvalue weighted by atomic mass is 9.96. The van der Waals surface area contributed by atoms with Gasteiger partial charge in [-0.2, -0.15) is 0 Å². The Hall–Kier alpha value is -1.92. The molecule has 2 rings (SSSR count). The van der Waals surface area contributed by atoms with Crippen molar-refractivity contribution in [2.75, 3.05) is 13.7 Å². The molecule has 1 atom stereocenters. The van der Waals surface area contributed by atoms with Gasteiger partial charge >= 0.3 is 0 Å². The molecule has 1 aromatic carbocycles. The van der Waals surface area contributed by atoms with E-state index in [1.807, 2.05) is 24.3 Å².